The van der Waals surface area contributed by atoms with Gasteiger partial charge in [0.05, 0.1) is 6.61 Å². The van der Waals surface area contributed by atoms with Crippen molar-refractivity contribution < 1.29 is 4.74 Å². The second-order valence-electron chi connectivity index (χ2n) is 1.82. The van der Waals surface area contributed by atoms with Crippen LogP contribution >= 0.6 is 46.4 Å². The topological polar surface area (TPSA) is 9.23 Å². The third-order valence-electron chi connectivity index (χ3n) is 1.13. The van der Waals surface area contributed by atoms with Crippen LogP contribution in [-0.4, -0.2) is 15.5 Å². The Hall–Kier alpha value is 1.12. The van der Waals surface area contributed by atoms with Gasteiger partial charge in [0.2, 0.25) is 0 Å². The van der Waals surface area contributed by atoms with Crippen molar-refractivity contribution in [1.82, 2.24) is 0 Å². The van der Waals surface area contributed by atoms with E-state index in [1.807, 2.05) is 0 Å². The molecule has 0 saturated carbocycles. The maximum absolute atomic E-state index is 5.64. The molecule has 0 amide bonds. The Bertz CT molecular complexity index is 108. The summed E-state index contributed by atoms with van der Waals surface area (Å²) in [5.41, 5.74) is 0. The molecule has 0 N–H and O–H groups in total. The first kappa shape index (κ1) is 8.22. The summed E-state index contributed by atoms with van der Waals surface area (Å²) in [4.78, 5) is 0. The molecule has 1 heterocycles. The zero-order chi connectivity index (χ0) is 7.12. The minimum absolute atomic E-state index is 0.403. The Morgan fingerprint density at radius 1 is 1.11 bits per heavy atom. The van der Waals surface area contributed by atoms with E-state index in [4.69, 9.17) is 51.1 Å². The molecule has 0 aromatic carbocycles. The van der Waals surface area contributed by atoms with E-state index < -0.39 is 8.85 Å². The van der Waals surface area contributed by atoms with Crippen molar-refractivity contribution in [2.45, 2.75) is 15.3 Å². The van der Waals surface area contributed by atoms with Crippen LogP contribution in [0.1, 0.15) is 6.42 Å². The highest BCUT2D eigenvalue weighted by Gasteiger charge is 2.52. The van der Waals surface area contributed by atoms with Gasteiger partial charge in [0.1, 0.15) is 0 Å². The molecule has 1 rings (SSSR count). The van der Waals surface area contributed by atoms with Crippen molar-refractivity contribution >= 4 is 46.4 Å². The molecule has 0 atom stereocenters. The van der Waals surface area contributed by atoms with Crippen LogP contribution < -0.4 is 0 Å². The van der Waals surface area contributed by atoms with Gasteiger partial charge in [-0.15, -0.1) is 0 Å². The zero-order valence-corrected chi connectivity index (χ0v) is 7.36. The lowest BCUT2D eigenvalue weighted by atomic mass is 10.4. The fourth-order valence-corrected chi connectivity index (χ4v) is 1.17. The van der Waals surface area contributed by atoms with Gasteiger partial charge in [-0.2, -0.15) is 0 Å². The van der Waals surface area contributed by atoms with Gasteiger partial charge in [-0.3, -0.25) is 0 Å². The van der Waals surface area contributed by atoms with Gasteiger partial charge in [-0.05, 0) is 0 Å². The molecule has 0 aliphatic carbocycles. The van der Waals surface area contributed by atoms with Gasteiger partial charge in [0.25, 0.3) is 4.52 Å². The molecule has 54 valence electrons. The molecular formula is C4H4Cl4O. The van der Waals surface area contributed by atoms with Crippen LogP contribution in [0.15, 0.2) is 0 Å². The highest BCUT2D eigenvalue weighted by molar-refractivity contribution is 6.61. The summed E-state index contributed by atoms with van der Waals surface area (Å²) in [6, 6.07) is 0. The first-order valence-electron chi connectivity index (χ1n) is 2.35. The van der Waals surface area contributed by atoms with Crippen molar-refractivity contribution in [2.24, 2.45) is 0 Å². The molecule has 1 aliphatic heterocycles. The monoisotopic (exact) mass is 208 g/mol. The summed E-state index contributed by atoms with van der Waals surface area (Å²) in [6.45, 7) is 0.403. The van der Waals surface area contributed by atoms with Crippen molar-refractivity contribution in [2.75, 3.05) is 6.61 Å². The number of hydrogen-bond donors (Lipinski definition) is 0. The van der Waals surface area contributed by atoms with E-state index in [-0.39, 0.29) is 0 Å². The Balaban J connectivity index is 2.75. The highest BCUT2D eigenvalue weighted by Crippen LogP contribution is 2.50. The fraction of sp³-hybridized carbons (Fsp3) is 1.00. The molecular weight excluding hydrogens is 206 g/mol. The lowest BCUT2D eigenvalue weighted by Gasteiger charge is -2.22. The van der Waals surface area contributed by atoms with Gasteiger partial charge >= 0.3 is 0 Å². The Morgan fingerprint density at radius 3 is 1.78 bits per heavy atom. The van der Waals surface area contributed by atoms with Gasteiger partial charge in [0.15, 0.2) is 4.33 Å². The molecule has 0 aromatic heterocycles. The number of rotatable bonds is 0. The zero-order valence-electron chi connectivity index (χ0n) is 4.33. The molecule has 1 nitrogen and oxygen atoms in total. The Kier molecular flexibility index (Phi) is 2.11. The average Bonchev–Trinajstić information content (AvgIpc) is 1.81. The molecule has 5 heteroatoms. The van der Waals surface area contributed by atoms with E-state index in [0.717, 1.165) is 0 Å². The Labute approximate surface area is 73.2 Å². The third-order valence-corrected chi connectivity index (χ3v) is 3.29. The number of alkyl halides is 4. The maximum Gasteiger partial charge on any atom is 0.251 e. The summed E-state index contributed by atoms with van der Waals surface area (Å²) >= 11 is 22.3. The molecule has 0 radical (unpaired) electrons. The lowest BCUT2D eigenvalue weighted by molar-refractivity contribution is 0.136. The van der Waals surface area contributed by atoms with E-state index >= 15 is 0 Å². The first-order chi connectivity index (χ1) is 3.96. The van der Waals surface area contributed by atoms with Crippen LogP contribution in [0.3, 0.4) is 0 Å². The van der Waals surface area contributed by atoms with Crippen molar-refractivity contribution in [3.05, 3.63) is 0 Å². The smallest absolute Gasteiger partial charge is 0.251 e. The second kappa shape index (κ2) is 2.31. The number of halogens is 4. The van der Waals surface area contributed by atoms with Crippen molar-refractivity contribution in [3.63, 3.8) is 0 Å². The minimum Gasteiger partial charge on any atom is -0.344 e. The summed E-state index contributed by atoms with van der Waals surface area (Å²) in [7, 11) is 0. The number of hydrogen-bond acceptors (Lipinski definition) is 1. The van der Waals surface area contributed by atoms with Crippen LogP contribution in [-0.2, 0) is 4.74 Å². The van der Waals surface area contributed by atoms with Gasteiger partial charge < -0.3 is 4.74 Å². The predicted molar refractivity (Wildman–Crippen MR) is 39.4 cm³/mol. The van der Waals surface area contributed by atoms with E-state index in [2.05, 4.69) is 0 Å². The normalized spacial score (nSPS) is 30.7. The van der Waals surface area contributed by atoms with Gasteiger partial charge in [-0.25, -0.2) is 0 Å². The van der Waals surface area contributed by atoms with E-state index in [9.17, 15) is 0 Å². The number of ether oxygens (including phenoxy) is 1. The molecule has 0 spiro atoms. The van der Waals surface area contributed by atoms with Crippen LogP contribution in [0.4, 0.5) is 0 Å². The maximum atomic E-state index is 5.64. The lowest BCUT2D eigenvalue weighted by Crippen LogP contribution is -2.30. The van der Waals surface area contributed by atoms with E-state index in [0.29, 0.717) is 13.0 Å². The third kappa shape index (κ3) is 1.41. The molecule has 0 unspecified atom stereocenters. The standard InChI is InChI=1S/C4H4Cl4O/c5-3(6)1-2-9-4(3,7)8/h1-2H2. The fourth-order valence-electron chi connectivity index (χ4n) is 0.559. The second-order valence-corrected chi connectivity index (χ2v) is 4.56. The van der Waals surface area contributed by atoms with Gasteiger partial charge in [-0.1, -0.05) is 46.4 Å². The molecule has 0 aromatic rings. The summed E-state index contributed by atoms with van der Waals surface area (Å²) in [5, 5.41) is 0. The summed E-state index contributed by atoms with van der Waals surface area (Å²) in [6.07, 6.45) is 0.461. The SMILES string of the molecule is ClC1(Cl)CCOC1(Cl)Cl. The molecule has 9 heavy (non-hydrogen) atoms. The highest BCUT2D eigenvalue weighted by atomic mass is 35.5. The molecule has 1 fully saturated rings. The average molecular weight is 210 g/mol. The quantitative estimate of drug-likeness (QED) is 0.558. The van der Waals surface area contributed by atoms with Crippen LogP contribution in [0.5, 0.6) is 0 Å². The van der Waals surface area contributed by atoms with Crippen molar-refractivity contribution in [3.8, 4) is 0 Å². The van der Waals surface area contributed by atoms with Crippen molar-refractivity contribution in [1.29, 1.82) is 0 Å². The van der Waals surface area contributed by atoms with Gasteiger partial charge in [0, 0.05) is 6.42 Å². The molecule has 1 aliphatic rings. The van der Waals surface area contributed by atoms with E-state index in [1.54, 1.807) is 0 Å². The molecule has 0 bridgehead atoms. The largest absolute Gasteiger partial charge is 0.344 e. The summed E-state index contributed by atoms with van der Waals surface area (Å²) in [5.74, 6) is 0. The van der Waals surface area contributed by atoms with Crippen LogP contribution in [0.25, 0.3) is 0 Å². The van der Waals surface area contributed by atoms with Crippen LogP contribution in [0.2, 0.25) is 0 Å². The molecule has 1 saturated heterocycles. The van der Waals surface area contributed by atoms with E-state index in [1.165, 1.54) is 0 Å². The first-order valence-corrected chi connectivity index (χ1v) is 3.86. The summed E-state index contributed by atoms with van der Waals surface area (Å²) < 4.78 is 2.23. The minimum atomic E-state index is -1.43. The predicted octanol–water partition coefficient (Wildman–Crippen LogP) is 2.71. The van der Waals surface area contributed by atoms with Crippen LogP contribution in [0, 0.1) is 0 Å². The Morgan fingerprint density at radius 2 is 1.67 bits per heavy atom.